The third-order valence-corrected chi connectivity index (χ3v) is 2.28. The zero-order valence-corrected chi connectivity index (χ0v) is 8.75. The van der Waals surface area contributed by atoms with Crippen LogP contribution in [0.2, 0.25) is 0 Å². The highest BCUT2D eigenvalue weighted by atomic mass is 19.1. The van der Waals surface area contributed by atoms with Crippen molar-refractivity contribution in [1.29, 1.82) is 0 Å². The molecule has 0 fully saturated rings. The fraction of sp³-hybridized carbons (Fsp3) is 0.308. The van der Waals surface area contributed by atoms with Crippen LogP contribution in [-0.2, 0) is 0 Å². The first kappa shape index (κ1) is 11.7. The Kier molecular flexibility index (Phi) is 4.82. The highest BCUT2D eigenvalue weighted by molar-refractivity contribution is 5.19. The van der Waals surface area contributed by atoms with E-state index in [4.69, 9.17) is 5.73 Å². The third-order valence-electron chi connectivity index (χ3n) is 2.28. The van der Waals surface area contributed by atoms with Gasteiger partial charge in [0.15, 0.2) is 0 Å². The molecule has 0 saturated heterocycles. The predicted octanol–water partition coefficient (Wildman–Crippen LogP) is 3.34. The molecule has 1 aromatic rings. The lowest BCUT2D eigenvalue weighted by atomic mass is 10.0. The maximum atomic E-state index is 12.9. The number of unbranched alkanes of at least 4 members (excludes halogenated alkanes) is 1. The van der Waals surface area contributed by atoms with E-state index in [1.165, 1.54) is 12.1 Å². The summed E-state index contributed by atoms with van der Waals surface area (Å²) in [6, 6.07) is 6.38. The van der Waals surface area contributed by atoms with Gasteiger partial charge in [-0.1, -0.05) is 18.7 Å². The Labute approximate surface area is 90.1 Å². The summed E-state index contributed by atoms with van der Waals surface area (Å²) in [6.07, 6.45) is 4.63. The summed E-state index contributed by atoms with van der Waals surface area (Å²) in [5, 5.41) is 0. The lowest BCUT2D eigenvalue weighted by Gasteiger charge is -2.10. The highest BCUT2D eigenvalue weighted by Gasteiger charge is 2.05. The summed E-state index contributed by atoms with van der Waals surface area (Å²) >= 11 is 0. The molecule has 0 bridgehead atoms. The Morgan fingerprint density at radius 3 is 3.00 bits per heavy atom. The molecule has 0 saturated carbocycles. The largest absolute Gasteiger partial charge is 0.324 e. The van der Waals surface area contributed by atoms with Gasteiger partial charge in [-0.15, -0.1) is 5.73 Å². The third kappa shape index (κ3) is 4.11. The van der Waals surface area contributed by atoms with E-state index in [9.17, 15) is 4.39 Å². The fourth-order valence-electron chi connectivity index (χ4n) is 1.45. The number of halogens is 1. The fourth-order valence-corrected chi connectivity index (χ4v) is 1.45. The molecule has 0 aromatic heterocycles. The number of benzene rings is 1. The minimum Gasteiger partial charge on any atom is -0.324 e. The van der Waals surface area contributed by atoms with E-state index < -0.39 is 0 Å². The van der Waals surface area contributed by atoms with Gasteiger partial charge in [-0.3, -0.25) is 0 Å². The van der Waals surface area contributed by atoms with Crippen molar-refractivity contribution in [2.24, 2.45) is 5.73 Å². The first-order valence-corrected chi connectivity index (χ1v) is 5.09. The van der Waals surface area contributed by atoms with Gasteiger partial charge in [-0.2, -0.15) is 0 Å². The van der Waals surface area contributed by atoms with E-state index in [0.717, 1.165) is 24.8 Å². The van der Waals surface area contributed by atoms with Gasteiger partial charge in [-0.05, 0) is 43.0 Å². The van der Waals surface area contributed by atoms with Gasteiger partial charge >= 0.3 is 0 Å². The Morgan fingerprint density at radius 2 is 2.33 bits per heavy atom. The average molecular weight is 205 g/mol. The Bertz CT molecular complexity index is 353. The quantitative estimate of drug-likeness (QED) is 0.579. The van der Waals surface area contributed by atoms with Crippen LogP contribution in [0, 0.1) is 5.82 Å². The van der Waals surface area contributed by atoms with Crippen LogP contribution in [0.25, 0.3) is 0 Å². The van der Waals surface area contributed by atoms with Crippen molar-refractivity contribution in [3.8, 4) is 0 Å². The minimum atomic E-state index is -0.228. The van der Waals surface area contributed by atoms with Crippen LogP contribution in [0.1, 0.15) is 30.9 Å². The maximum absolute atomic E-state index is 12.9. The molecule has 1 nitrogen and oxygen atoms in total. The van der Waals surface area contributed by atoms with Crippen molar-refractivity contribution in [3.05, 3.63) is 54.0 Å². The molecule has 0 radical (unpaired) electrons. The van der Waals surface area contributed by atoms with Crippen molar-refractivity contribution >= 4 is 0 Å². The van der Waals surface area contributed by atoms with E-state index in [1.54, 1.807) is 6.07 Å². The molecule has 15 heavy (non-hydrogen) atoms. The summed E-state index contributed by atoms with van der Waals surface area (Å²) in [7, 11) is 0. The molecule has 0 aliphatic carbocycles. The average Bonchev–Trinajstić information content (AvgIpc) is 2.24. The molecule has 1 aromatic carbocycles. The van der Waals surface area contributed by atoms with Gasteiger partial charge < -0.3 is 5.73 Å². The summed E-state index contributed by atoms with van der Waals surface area (Å²) in [4.78, 5) is 0. The van der Waals surface area contributed by atoms with Crippen molar-refractivity contribution in [3.63, 3.8) is 0 Å². The number of rotatable bonds is 5. The van der Waals surface area contributed by atoms with Gasteiger partial charge in [0.2, 0.25) is 0 Å². The first-order valence-electron chi connectivity index (χ1n) is 5.09. The molecule has 80 valence electrons. The van der Waals surface area contributed by atoms with Crippen LogP contribution in [0.3, 0.4) is 0 Å². The van der Waals surface area contributed by atoms with E-state index in [0.29, 0.717) is 0 Å². The molecular formula is C13H16FN. The number of hydrogen-bond acceptors (Lipinski definition) is 1. The summed E-state index contributed by atoms with van der Waals surface area (Å²) in [6.45, 7) is 3.49. The molecule has 0 spiro atoms. The van der Waals surface area contributed by atoms with Crippen LogP contribution >= 0.6 is 0 Å². The number of allylic oxidation sites excluding steroid dienone is 1. The molecule has 0 heterocycles. The SMILES string of the molecule is C=C=CCCC[C@H](N)c1cccc(F)c1. The van der Waals surface area contributed by atoms with E-state index in [-0.39, 0.29) is 11.9 Å². The molecule has 0 unspecified atom stereocenters. The normalized spacial score (nSPS) is 11.9. The lowest BCUT2D eigenvalue weighted by Crippen LogP contribution is -2.10. The first-order chi connectivity index (χ1) is 7.24. The second-order valence-corrected chi connectivity index (χ2v) is 3.50. The van der Waals surface area contributed by atoms with E-state index >= 15 is 0 Å². The van der Waals surface area contributed by atoms with Crippen molar-refractivity contribution in [1.82, 2.24) is 0 Å². The van der Waals surface area contributed by atoms with Gasteiger partial charge in [0, 0.05) is 6.04 Å². The summed E-state index contributed by atoms with van der Waals surface area (Å²) in [5.74, 6) is -0.228. The molecule has 0 amide bonds. The van der Waals surface area contributed by atoms with Crippen molar-refractivity contribution in [2.75, 3.05) is 0 Å². The lowest BCUT2D eigenvalue weighted by molar-refractivity contribution is 0.596. The number of nitrogens with two attached hydrogens (primary N) is 1. The second kappa shape index (κ2) is 6.18. The summed E-state index contributed by atoms with van der Waals surface area (Å²) < 4.78 is 12.9. The van der Waals surface area contributed by atoms with Crippen LogP contribution in [0.5, 0.6) is 0 Å². The topological polar surface area (TPSA) is 26.0 Å². The minimum absolute atomic E-state index is 0.0843. The van der Waals surface area contributed by atoms with E-state index in [2.05, 4.69) is 12.3 Å². The molecule has 0 aliphatic heterocycles. The summed E-state index contributed by atoms with van der Waals surface area (Å²) in [5.41, 5.74) is 9.50. The van der Waals surface area contributed by atoms with Crippen LogP contribution in [0.4, 0.5) is 4.39 Å². The maximum Gasteiger partial charge on any atom is 0.123 e. The molecule has 2 heteroatoms. The van der Waals surface area contributed by atoms with Crippen LogP contribution in [-0.4, -0.2) is 0 Å². The van der Waals surface area contributed by atoms with Crippen molar-refractivity contribution < 1.29 is 4.39 Å². The monoisotopic (exact) mass is 205 g/mol. The zero-order chi connectivity index (χ0) is 11.1. The molecular weight excluding hydrogens is 189 g/mol. The zero-order valence-electron chi connectivity index (χ0n) is 8.75. The number of hydrogen-bond donors (Lipinski definition) is 1. The van der Waals surface area contributed by atoms with Gasteiger partial charge in [-0.25, -0.2) is 4.39 Å². The van der Waals surface area contributed by atoms with Crippen LogP contribution < -0.4 is 5.73 Å². The predicted molar refractivity (Wildman–Crippen MR) is 60.9 cm³/mol. The molecule has 1 atom stereocenters. The molecule has 0 aliphatic rings. The van der Waals surface area contributed by atoms with E-state index in [1.807, 2.05) is 12.1 Å². The second-order valence-electron chi connectivity index (χ2n) is 3.50. The smallest absolute Gasteiger partial charge is 0.123 e. The van der Waals surface area contributed by atoms with Gasteiger partial charge in [0.05, 0.1) is 0 Å². The van der Waals surface area contributed by atoms with Crippen LogP contribution in [0.15, 0.2) is 42.7 Å². The highest BCUT2D eigenvalue weighted by Crippen LogP contribution is 2.17. The Balaban J connectivity index is 2.46. The molecule has 2 N–H and O–H groups in total. The van der Waals surface area contributed by atoms with Gasteiger partial charge in [0.1, 0.15) is 5.82 Å². The Hall–Kier alpha value is -1.37. The Morgan fingerprint density at radius 1 is 1.53 bits per heavy atom. The van der Waals surface area contributed by atoms with Crippen molar-refractivity contribution in [2.45, 2.75) is 25.3 Å². The van der Waals surface area contributed by atoms with Gasteiger partial charge in [0.25, 0.3) is 0 Å². The standard InChI is InChI=1S/C13H16FN/c1-2-3-4-5-9-13(15)11-7-6-8-12(14)10-11/h3,6-8,10,13H,1,4-5,9,15H2/t13-/m0/s1. The molecule has 1 rings (SSSR count).